The molecule has 0 saturated carbocycles. The van der Waals surface area contributed by atoms with Crippen LogP contribution in [0.3, 0.4) is 0 Å². The molecule has 2 aliphatic carbocycles. The number of aliphatic hydroxyl groups excluding tert-OH is 1. The Bertz CT molecular complexity index is 471. The van der Waals surface area contributed by atoms with E-state index in [1.165, 1.54) is 11.1 Å². The van der Waals surface area contributed by atoms with Crippen LogP contribution in [-0.4, -0.2) is 30.4 Å². The molecule has 2 atom stereocenters. The van der Waals surface area contributed by atoms with Crippen molar-refractivity contribution in [2.24, 2.45) is 0 Å². The van der Waals surface area contributed by atoms with Crippen molar-refractivity contribution >= 4 is 0 Å². The van der Waals surface area contributed by atoms with E-state index < -0.39 is 6.10 Å². The van der Waals surface area contributed by atoms with Crippen molar-refractivity contribution in [3.05, 3.63) is 46.8 Å². The van der Waals surface area contributed by atoms with Crippen LogP contribution < -0.4 is 5.32 Å². The minimum atomic E-state index is -0.431. The van der Waals surface area contributed by atoms with Crippen molar-refractivity contribution < 1.29 is 9.84 Å². The van der Waals surface area contributed by atoms with Crippen LogP contribution in [0.2, 0.25) is 0 Å². The highest BCUT2D eigenvalue weighted by Crippen LogP contribution is 2.37. The third kappa shape index (κ3) is 1.93. The van der Waals surface area contributed by atoms with Crippen molar-refractivity contribution in [2.75, 3.05) is 13.2 Å². The van der Waals surface area contributed by atoms with Gasteiger partial charge in [-0.15, -0.1) is 0 Å². The molecule has 3 aliphatic rings. The molecule has 0 saturated heterocycles. The molecule has 96 valence electrons. The Morgan fingerprint density at radius 2 is 2.39 bits per heavy atom. The summed E-state index contributed by atoms with van der Waals surface area (Å²) in [5.74, 6) is 0.871. The van der Waals surface area contributed by atoms with Gasteiger partial charge in [0.05, 0.1) is 12.1 Å². The number of hydrogen-bond donors (Lipinski definition) is 2. The van der Waals surface area contributed by atoms with Gasteiger partial charge in [0.25, 0.3) is 0 Å². The summed E-state index contributed by atoms with van der Waals surface area (Å²) >= 11 is 0. The molecule has 0 radical (unpaired) electrons. The van der Waals surface area contributed by atoms with Crippen LogP contribution >= 0.6 is 0 Å². The molecule has 18 heavy (non-hydrogen) atoms. The maximum atomic E-state index is 10.4. The van der Waals surface area contributed by atoms with Gasteiger partial charge in [-0.3, -0.25) is 0 Å². The summed E-state index contributed by atoms with van der Waals surface area (Å²) in [6, 6.07) is 0.0219. The highest BCUT2D eigenvalue weighted by atomic mass is 16.5. The van der Waals surface area contributed by atoms with Crippen molar-refractivity contribution in [3.8, 4) is 0 Å². The quantitative estimate of drug-likeness (QED) is 0.797. The molecule has 3 heteroatoms. The average Bonchev–Trinajstić information content (AvgIpc) is 2.83. The zero-order valence-electron chi connectivity index (χ0n) is 10.6. The number of aliphatic hydroxyl groups is 1. The van der Waals surface area contributed by atoms with Gasteiger partial charge in [-0.1, -0.05) is 25.2 Å². The fourth-order valence-corrected chi connectivity index (χ4v) is 2.70. The van der Waals surface area contributed by atoms with Gasteiger partial charge in [-0.2, -0.15) is 0 Å². The fraction of sp³-hybridized carbons (Fsp3) is 0.467. The highest BCUT2D eigenvalue weighted by molar-refractivity contribution is 5.56. The maximum Gasteiger partial charge on any atom is 0.122 e. The first-order valence-electron chi connectivity index (χ1n) is 6.66. The Hall–Kier alpha value is -1.32. The first-order valence-corrected chi connectivity index (χ1v) is 6.66. The van der Waals surface area contributed by atoms with E-state index in [4.69, 9.17) is 4.74 Å². The van der Waals surface area contributed by atoms with Gasteiger partial charge in [-0.25, -0.2) is 0 Å². The van der Waals surface area contributed by atoms with E-state index >= 15 is 0 Å². The minimum Gasteiger partial charge on any atom is -0.492 e. The van der Waals surface area contributed by atoms with Gasteiger partial charge in [0.2, 0.25) is 0 Å². The Balaban J connectivity index is 1.81. The Morgan fingerprint density at radius 1 is 1.50 bits per heavy atom. The number of hydrogen-bond acceptors (Lipinski definition) is 3. The van der Waals surface area contributed by atoms with Gasteiger partial charge >= 0.3 is 0 Å². The first kappa shape index (κ1) is 11.8. The molecule has 0 aromatic heterocycles. The second kappa shape index (κ2) is 4.75. The maximum absolute atomic E-state index is 10.4. The lowest BCUT2D eigenvalue weighted by atomic mass is 9.87. The predicted octanol–water partition coefficient (Wildman–Crippen LogP) is 1.83. The van der Waals surface area contributed by atoms with Crippen molar-refractivity contribution in [2.45, 2.75) is 31.9 Å². The summed E-state index contributed by atoms with van der Waals surface area (Å²) in [6.45, 7) is 3.59. The molecule has 3 nitrogen and oxygen atoms in total. The second-order valence-electron chi connectivity index (χ2n) is 5.03. The van der Waals surface area contributed by atoms with E-state index in [2.05, 4.69) is 30.5 Å². The van der Waals surface area contributed by atoms with Crippen LogP contribution in [0, 0.1) is 0 Å². The standard InChI is InChI=1S/C15H19NO2/c1-2-6-16-13-9-18-14-8-11-5-3-4-10(11)7-12(14)15(13)17/h3-5,8,13,15-17H,2,6-7,9H2,1H3/t13-,15-/m1/s1. The molecular formula is C15H19NO2. The number of rotatable bonds is 3. The molecule has 0 fully saturated rings. The topological polar surface area (TPSA) is 41.5 Å². The van der Waals surface area contributed by atoms with E-state index in [-0.39, 0.29) is 6.04 Å². The van der Waals surface area contributed by atoms with Gasteiger partial charge in [-0.05, 0) is 30.2 Å². The zero-order chi connectivity index (χ0) is 12.5. The third-order valence-corrected chi connectivity index (χ3v) is 3.74. The predicted molar refractivity (Wildman–Crippen MR) is 71.0 cm³/mol. The highest BCUT2D eigenvalue weighted by Gasteiger charge is 2.33. The molecule has 0 amide bonds. The first-order chi connectivity index (χ1) is 8.79. The summed E-state index contributed by atoms with van der Waals surface area (Å²) in [5, 5.41) is 13.8. The molecule has 0 aromatic carbocycles. The lowest BCUT2D eigenvalue weighted by Gasteiger charge is -2.34. The van der Waals surface area contributed by atoms with Gasteiger partial charge in [0.15, 0.2) is 0 Å². The van der Waals surface area contributed by atoms with E-state index in [0.717, 1.165) is 30.7 Å². The Morgan fingerprint density at radius 3 is 3.22 bits per heavy atom. The van der Waals surface area contributed by atoms with Gasteiger partial charge < -0.3 is 15.2 Å². The van der Waals surface area contributed by atoms with E-state index in [1.807, 2.05) is 6.08 Å². The summed E-state index contributed by atoms with van der Waals surface area (Å²) in [4.78, 5) is 0. The molecular weight excluding hydrogens is 226 g/mol. The van der Waals surface area contributed by atoms with Crippen molar-refractivity contribution in [3.63, 3.8) is 0 Å². The average molecular weight is 245 g/mol. The fourth-order valence-electron chi connectivity index (χ4n) is 2.70. The van der Waals surface area contributed by atoms with Crippen LogP contribution in [0.15, 0.2) is 46.8 Å². The smallest absolute Gasteiger partial charge is 0.122 e. The van der Waals surface area contributed by atoms with Gasteiger partial charge in [0, 0.05) is 12.0 Å². The van der Waals surface area contributed by atoms with Crippen LogP contribution in [0.5, 0.6) is 0 Å². The van der Waals surface area contributed by atoms with Crippen LogP contribution in [0.25, 0.3) is 0 Å². The summed E-state index contributed by atoms with van der Waals surface area (Å²) < 4.78 is 5.79. The molecule has 1 aliphatic heterocycles. The van der Waals surface area contributed by atoms with E-state index in [1.54, 1.807) is 0 Å². The molecule has 0 aromatic rings. The molecule has 0 bridgehead atoms. The lowest BCUT2D eigenvalue weighted by molar-refractivity contribution is 0.0665. The molecule has 0 spiro atoms. The number of ether oxygens (including phenoxy) is 1. The number of nitrogens with one attached hydrogen (secondary N) is 1. The van der Waals surface area contributed by atoms with Crippen molar-refractivity contribution in [1.29, 1.82) is 0 Å². The van der Waals surface area contributed by atoms with E-state index in [0.29, 0.717) is 6.61 Å². The van der Waals surface area contributed by atoms with E-state index in [9.17, 15) is 5.11 Å². The summed E-state index contributed by atoms with van der Waals surface area (Å²) in [6.07, 6.45) is 9.75. The second-order valence-corrected chi connectivity index (χ2v) is 5.03. The number of allylic oxidation sites excluding steroid dienone is 6. The lowest BCUT2D eigenvalue weighted by Crippen LogP contribution is -2.47. The monoisotopic (exact) mass is 245 g/mol. The summed E-state index contributed by atoms with van der Waals surface area (Å²) in [7, 11) is 0. The van der Waals surface area contributed by atoms with Crippen LogP contribution in [0.4, 0.5) is 0 Å². The Labute approximate surface area is 108 Å². The molecule has 1 heterocycles. The van der Waals surface area contributed by atoms with Gasteiger partial charge in [0.1, 0.15) is 12.4 Å². The Kier molecular flexibility index (Phi) is 3.10. The zero-order valence-corrected chi connectivity index (χ0v) is 10.6. The molecule has 2 N–H and O–H groups in total. The normalized spacial score (nSPS) is 29.4. The van der Waals surface area contributed by atoms with Crippen LogP contribution in [-0.2, 0) is 4.74 Å². The summed E-state index contributed by atoms with van der Waals surface area (Å²) in [5.41, 5.74) is 3.53. The number of fused-ring (bicyclic) bond motifs is 1. The van der Waals surface area contributed by atoms with Crippen LogP contribution in [0.1, 0.15) is 19.8 Å². The molecule has 3 rings (SSSR count). The third-order valence-electron chi connectivity index (χ3n) is 3.74. The molecule has 0 unspecified atom stereocenters. The van der Waals surface area contributed by atoms with Crippen molar-refractivity contribution in [1.82, 2.24) is 5.32 Å². The SMILES string of the molecule is CCCN[C@@H]1COC2=C(CC3=CC=CC3=C2)[C@H]1O. The largest absolute Gasteiger partial charge is 0.492 e. The minimum absolute atomic E-state index is 0.0219.